The lowest BCUT2D eigenvalue weighted by Gasteiger charge is -2.17. The van der Waals surface area contributed by atoms with E-state index >= 15 is 8.78 Å². The number of rotatable bonds is 3. The summed E-state index contributed by atoms with van der Waals surface area (Å²) in [5.41, 5.74) is -2.12. The Labute approximate surface area is 244 Å². The van der Waals surface area contributed by atoms with Gasteiger partial charge in [-0.2, -0.15) is 18.4 Å². The van der Waals surface area contributed by atoms with E-state index in [4.69, 9.17) is 0 Å². The van der Waals surface area contributed by atoms with Gasteiger partial charge in [-0.15, -0.1) is 0 Å². The van der Waals surface area contributed by atoms with E-state index in [0.29, 0.717) is 16.7 Å². The summed E-state index contributed by atoms with van der Waals surface area (Å²) in [5.74, 6) is -11.4. The first-order chi connectivity index (χ1) is 20.9. The lowest BCUT2D eigenvalue weighted by Crippen LogP contribution is -2.09. The molecule has 0 atom stereocenters. The fraction of sp³-hybridized carbons (Fsp3) is 0.0606. The standard InChI is InChI=1S/C33H15F8N3/c1-15-10-20-21-13-25(33(39,40)41)19(17-4-8-44-9-5-17)12-23(21)26(22(20)11-18(15)16-2-6-43-7-3-16)24(14-42)27-28(34)30(36)32(38)31(37)29(27)35/h2-13H,1H3/b26-24+. The average molecular weight is 605 g/mol. The molecule has 0 spiro atoms. The van der Waals surface area contributed by atoms with Crippen LogP contribution in [0, 0.1) is 47.3 Å². The highest BCUT2D eigenvalue weighted by atomic mass is 19.4. The van der Waals surface area contributed by atoms with Gasteiger partial charge < -0.3 is 0 Å². The van der Waals surface area contributed by atoms with Gasteiger partial charge in [0.1, 0.15) is 6.07 Å². The van der Waals surface area contributed by atoms with E-state index in [1.165, 1.54) is 43.0 Å². The Hall–Kier alpha value is -5.37. The summed E-state index contributed by atoms with van der Waals surface area (Å²) in [6.45, 7) is 1.70. The van der Waals surface area contributed by atoms with Gasteiger partial charge in [0.05, 0.1) is 16.7 Å². The van der Waals surface area contributed by atoms with Crippen molar-refractivity contribution in [1.82, 2.24) is 9.97 Å². The van der Waals surface area contributed by atoms with Crippen molar-refractivity contribution in [2.75, 3.05) is 0 Å². The van der Waals surface area contributed by atoms with E-state index in [1.54, 1.807) is 31.2 Å². The van der Waals surface area contributed by atoms with E-state index in [9.17, 15) is 31.6 Å². The molecule has 2 heterocycles. The zero-order chi connectivity index (χ0) is 31.5. The molecule has 6 rings (SSSR count). The van der Waals surface area contributed by atoms with Gasteiger partial charge in [-0.25, -0.2) is 22.0 Å². The van der Waals surface area contributed by atoms with E-state index in [1.807, 2.05) is 0 Å². The van der Waals surface area contributed by atoms with Crippen LogP contribution >= 0.6 is 0 Å². The summed E-state index contributed by atoms with van der Waals surface area (Å²) in [6.07, 6.45) is 0.688. The predicted molar refractivity (Wildman–Crippen MR) is 146 cm³/mol. The number of fused-ring (bicyclic) bond motifs is 3. The number of hydrogen-bond acceptors (Lipinski definition) is 3. The molecule has 0 saturated heterocycles. The molecule has 11 heteroatoms. The zero-order valence-corrected chi connectivity index (χ0v) is 22.3. The minimum Gasteiger partial charge on any atom is -0.265 e. The monoisotopic (exact) mass is 605 g/mol. The first-order valence-corrected chi connectivity index (χ1v) is 12.8. The van der Waals surface area contributed by atoms with E-state index in [2.05, 4.69) is 9.97 Å². The van der Waals surface area contributed by atoms with Gasteiger partial charge >= 0.3 is 6.18 Å². The molecule has 0 fully saturated rings. The summed E-state index contributed by atoms with van der Waals surface area (Å²) >= 11 is 0. The molecule has 0 N–H and O–H groups in total. The number of pyridine rings is 2. The molecule has 5 aromatic rings. The van der Waals surface area contributed by atoms with Gasteiger partial charge in [0.25, 0.3) is 0 Å². The third kappa shape index (κ3) is 4.41. The Morgan fingerprint density at radius 3 is 1.57 bits per heavy atom. The third-order valence-corrected chi connectivity index (χ3v) is 7.46. The van der Waals surface area contributed by atoms with Crippen LogP contribution in [-0.2, 0) is 6.18 Å². The molecule has 2 aromatic heterocycles. The van der Waals surface area contributed by atoms with Gasteiger partial charge in [-0.05, 0) is 99.5 Å². The first kappa shape index (κ1) is 28.7. The van der Waals surface area contributed by atoms with Crippen LogP contribution in [-0.4, -0.2) is 9.97 Å². The second-order valence-corrected chi connectivity index (χ2v) is 9.93. The summed E-state index contributed by atoms with van der Waals surface area (Å²) in [4.78, 5) is 7.80. The summed E-state index contributed by atoms with van der Waals surface area (Å²) in [6, 6.07) is 12.6. The highest BCUT2D eigenvalue weighted by Gasteiger charge is 2.39. The molecule has 3 aromatic carbocycles. The second kappa shape index (κ2) is 10.4. The number of hydrogen-bond donors (Lipinski definition) is 0. The number of nitriles is 1. The van der Waals surface area contributed by atoms with Crippen LogP contribution in [0.5, 0.6) is 0 Å². The molecule has 0 bridgehead atoms. The van der Waals surface area contributed by atoms with Crippen molar-refractivity contribution >= 4 is 11.1 Å². The minimum absolute atomic E-state index is 0.0406. The maximum atomic E-state index is 15.1. The largest absolute Gasteiger partial charge is 0.417 e. The Morgan fingerprint density at radius 1 is 0.614 bits per heavy atom. The van der Waals surface area contributed by atoms with Gasteiger partial charge in [0.2, 0.25) is 5.82 Å². The molecular formula is C33H15F8N3. The maximum Gasteiger partial charge on any atom is 0.417 e. The number of aromatic nitrogens is 2. The van der Waals surface area contributed by atoms with Crippen molar-refractivity contribution < 1.29 is 35.1 Å². The second-order valence-electron chi connectivity index (χ2n) is 9.93. The van der Waals surface area contributed by atoms with Crippen LogP contribution in [0.3, 0.4) is 0 Å². The molecule has 1 aliphatic rings. The van der Waals surface area contributed by atoms with Crippen molar-refractivity contribution in [2.24, 2.45) is 0 Å². The van der Waals surface area contributed by atoms with Crippen LogP contribution in [0.2, 0.25) is 0 Å². The van der Waals surface area contributed by atoms with E-state index in [-0.39, 0.29) is 39.0 Å². The van der Waals surface area contributed by atoms with Crippen LogP contribution in [0.1, 0.15) is 27.8 Å². The van der Waals surface area contributed by atoms with Crippen LogP contribution in [0.4, 0.5) is 35.1 Å². The number of nitrogens with zero attached hydrogens (tertiary/aromatic N) is 3. The molecule has 0 unspecified atom stereocenters. The van der Waals surface area contributed by atoms with Crippen LogP contribution < -0.4 is 0 Å². The number of allylic oxidation sites excluding steroid dienone is 1. The maximum absolute atomic E-state index is 15.1. The van der Waals surface area contributed by atoms with Gasteiger partial charge in [0, 0.05) is 30.4 Å². The Kier molecular flexibility index (Phi) is 6.80. The number of halogens is 8. The molecule has 0 aliphatic heterocycles. The minimum atomic E-state index is -4.86. The normalized spacial score (nSPS) is 13.4. The molecule has 1 aliphatic carbocycles. The number of alkyl halides is 3. The van der Waals surface area contributed by atoms with Crippen molar-refractivity contribution in [2.45, 2.75) is 13.1 Å². The van der Waals surface area contributed by atoms with Crippen LogP contribution in [0.25, 0.3) is 44.5 Å². The van der Waals surface area contributed by atoms with Crippen LogP contribution in [0.15, 0.2) is 73.3 Å². The number of aryl methyl sites for hydroxylation is 1. The number of benzene rings is 3. The zero-order valence-electron chi connectivity index (χ0n) is 22.3. The van der Waals surface area contributed by atoms with E-state index < -0.39 is 52.0 Å². The Bertz CT molecular complexity index is 2030. The summed E-state index contributed by atoms with van der Waals surface area (Å²) < 4.78 is 116. The average Bonchev–Trinajstić information content (AvgIpc) is 3.32. The molecule has 218 valence electrons. The van der Waals surface area contributed by atoms with Gasteiger partial charge in [0.15, 0.2) is 23.3 Å². The van der Waals surface area contributed by atoms with Crippen molar-refractivity contribution in [1.29, 1.82) is 5.26 Å². The lowest BCUT2D eigenvalue weighted by molar-refractivity contribution is -0.137. The highest BCUT2D eigenvalue weighted by molar-refractivity contribution is 6.14. The SMILES string of the molecule is Cc1cc2c(cc1-c1ccncc1)/C(=C(/C#N)c1c(F)c(F)c(F)c(F)c1F)c1cc(-c3ccncc3)c(C(F)(F)F)cc1-2. The van der Waals surface area contributed by atoms with Crippen molar-refractivity contribution in [3.63, 3.8) is 0 Å². The Balaban J connectivity index is 1.79. The molecule has 0 amide bonds. The first-order valence-electron chi connectivity index (χ1n) is 12.8. The fourth-order valence-electron chi connectivity index (χ4n) is 5.49. The Morgan fingerprint density at radius 2 is 1.07 bits per heavy atom. The van der Waals surface area contributed by atoms with Gasteiger partial charge in [-0.3, -0.25) is 9.97 Å². The predicted octanol–water partition coefficient (Wildman–Crippen LogP) is 9.30. The molecule has 0 radical (unpaired) electrons. The lowest BCUT2D eigenvalue weighted by atomic mass is 9.89. The molecular weight excluding hydrogens is 590 g/mol. The van der Waals surface area contributed by atoms with Gasteiger partial charge in [-0.1, -0.05) is 6.07 Å². The van der Waals surface area contributed by atoms with Crippen molar-refractivity contribution in [3.8, 4) is 39.4 Å². The highest BCUT2D eigenvalue weighted by Crippen LogP contribution is 2.53. The fourth-order valence-corrected chi connectivity index (χ4v) is 5.49. The summed E-state index contributed by atoms with van der Waals surface area (Å²) in [5, 5.41) is 10.2. The van der Waals surface area contributed by atoms with Crippen molar-refractivity contribution in [3.05, 3.63) is 130 Å². The summed E-state index contributed by atoms with van der Waals surface area (Å²) in [7, 11) is 0. The quantitative estimate of drug-likeness (QED) is 0.0875. The third-order valence-electron chi connectivity index (χ3n) is 7.46. The smallest absolute Gasteiger partial charge is 0.265 e. The topological polar surface area (TPSA) is 49.6 Å². The molecule has 0 saturated carbocycles. The molecule has 44 heavy (non-hydrogen) atoms. The van der Waals surface area contributed by atoms with E-state index in [0.717, 1.165) is 12.1 Å². The molecule has 3 nitrogen and oxygen atoms in total.